The first-order valence-corrected chi connectivity index (χ1v) is 6.17. The normalized spacial score (nSPS) is 15.2. The molecule has 1 aliphatic rings. The molecule has 0 radical (unpaired) electrons. The van der Waals surface area contributed by atoms with E-state index in [2.05, 4.69) is 4.99 Å². The van der Waals surface area contributed by atoms with Crippen molar-refractivity contribution >= 4 is 28.4 Å². The molecule has 0 spiro atoms. The highest BCUT2D eigenvalue weighted by Crippen LogP contribution is 2.25. The van der Waals surface area contributed by atoms with Crippen LogP contribution in [0.15, 0.2) is 23.2 Å². The second kappa shape index (κ2) is 4.90. The Balaban J connectivity index is 1.98. The van der Waals surface area contributed by atoms with Crippen molar-refractivity contribution in [3.05, 3.63) is 28.8 Å². The van der Waals surface area contributed by atoms with Crippen LogP contribution in [0.2, 0.25) is 5.02 Å². The molecule has 0 fully saturated rings. The zero-order valence-corrected chi connectivity index (χ0v) is 10.1. The number of rotatable bonds is 3. The summed E-state index contributed by atoms with van der Waals surface area (Å²) in [6.45, 7) is 3.45. The summed E-state index contributed by atoms with van der Waals surface area (Å²) in [4.78, 5) is 4.31. The third-order valence-corrected chi connectivity index (χ3v) is 3.35. The quantitative estimate of drug-likeness (QED) is 0.811. The molecule has 1 aliphatic heterocycles. The lowest BCUT2D eigenvalue weighted by Gasteiger charge is -2.07. The Morgan fingerprint density at radius 3 is 3.07 bits per heavy atom. The van der Waals surface area contributed by atoms with E-state index in [-0.39, 0.29) is 0 Å². The summed E-state index contributed by atoms with van der Waals surface area (Å²) in [5.41, 5.74) is 1.14. The minimum atomic E-state index is 0.535. The topological polar surface area (TPSA) is 21.6 Å². The molecule has 80 valence electrons. The molecular formula is C11H12ClNOS. The minimum absolute atomic E-state index is 0.535. The first kappa shape index (κ1) is 10.8. The molecule has 4 heteroatoms. The first-order valence-electron chi connectivity index (χ1n) is 4.81. The van der Waals surface area contributed by atoms with E-state index < -0.39 is 0 Å². The van der Waals surface area contributed by atoms with E-state index >= 15 is 0 Å². The maximum Gasteiger partial charge on any atom is 0.138 e. The Labute approximate surface area is 98.7 Å². The number of nitrogens with zero attached hydrogens (tertiary/aromatic N) is 1. The summed E-state index contributed by atoms with van der Waals surface area (Å²) >= 11 is 7.80. The van der Waals surface area contributed by atoms with Crippen LogP contribution in [0.25, 0.3) is 0 Å². The van der Waals surface area contributed by atoms with Gasteiger partial charge in [0.05, 0.1) is 5.02 Å². The van der Waals surface area contributed by atoms with Crippen molar-refractivity contribution in [1.29, 1.82) is 0 Å². The minimum Gasteiger partial charge on any atom is -0.485 e. The van der Waals surface area contributed by atoms with Gasteiger partial charge in [-0.1, -0.05) is 17.7 Å². The number of aryl methyl sites for hydroxylation is 1. The van der Waals surface area contributed by atoms with Crippen molar-refractivity contribution in [3.8, 4) is 5.75 Å². The lowest BCUT2D eigenvalue weighted by molar-refractivity contribution is 0.379. The summed E-state index contributed by atoms with van der Waals surface area (Å²) in [7, 11) is 0. The van der Waals surface area contributed by atoms with Crippen LogP contribution in [0.1, 0.15) is 5.56 Å². The van der Waals surface area contributed by atoms with Gasteiger partial charge in [-0.25, -0.2) is 0 Å². The zero-order chi connectivity index (χ0) is 10.7. The molecule has 0 saturated heterocycles. The molecule has 1 aromatic carbocycles. The van der Waals surface area contributed by atoms with E-state index in [0.717, 1.165) is 28.7 Å². The van der Waals surface area contributed by atoms with Crippen LogP contribution < -0.4 is 4.74 Å². The molecule has 0 aromatic heterocycles. The maximum absolute atomic E-state index is 6.04. The average molecular weight is 242 g/mol. The van der Waals surface area contributed by atoms with Gasteiger partial charge >= 0.3 is 0 Å². The molecule has 0 unspecified atom stereocenters. The molecule has 1 aromatic rings. The van der Waals surface area contributed by atoms with Gasteiger partial charge in [0.2, 0.25) is 0 Å². The van der Waals surface area contributed by atoms with Gasteiger partial charge in [0.25, 0.3) is 0 Å². The Morgan fingerprint density at radius 2 is 2.40 bits per heavy atom. The zero-order valence-electron chi connectivity index (χ0n) is 8.50. The summed E-state index contributed by atoms with van der Waals surface area (Å²) in [6, 6.07) is 5.79. The Bertz CT molecular complexity index is 392. The van der Waals surface area contributed by atoms with E-state index in [1.807, 2.05) is 25.1 Å². The Hall–Kier alpha value is -0.670. The summed E-state index contributed by atoms with van der Waals surface area (Å²) < 4.78 is 5.59. The highest BCUT2D eigenvalue weighted by Gasteiger charge is 2.08. The summed E-state index contributed by atoms with van der Waals surface area (Å²) in [5, 5.41) is 1.73. The highest BCUT2D eigenvalue weighted by molar-refractivity contribution is 8.14. The van der Waals surface area contributed by atoms with Crippen LogP contribution in [0.5, 0.6) is 5.75 Å². The second-order valence-electron chi connectivity index (χ2n) is 3.35. The monoisotopic (exact) mass is 241 g/mol. The maximum atomic E-state index is 6.04. The van der Waals surface area contributed by atoms with Gasteiger partial charge in [0.1, 0.15) is 17.4 Å². The van der Waals surface area contributed by atoms with Gasteiger partial charge in [-0.15, -0.1) is 11.8 Å². The van der Waals surface area contributed by atoms with Gasteiger partial charge in [-0.05, 0) is 24.6 Å². The molecule has 0 amide bonds. The molecule has 2 nitrogen and oxygen atoms in total. The molecule has 15 heavy (non-hydrogen) atoms. The Morgan fingerprint density at radius 1 is 1.53 bits per heavy atom. The van der Waals surface area contributed by atoms with Gasteiger partial charge in [-0.3, -0.25) is 4.99 Å². The van der Waals surface area contributed by atoms with E-state index in [4.69, 9.17) is 16.3 Å². The van der Waals surface area contributed by atoms with Crippen molar-refractivity contribution in [2.75, 3.05) is 18.9 Å². The van der Waals surface area contributed by atoms with Crippen molar-refractivity contribution in [2.45, 2.75) is 6.92 Å². The largest absolute Gasteiger partial charge is 0.485 e. The molecule has 0 saturated carbocycles. The average Bonchev–Trinajstić information content (AvgIpc) is 2.69. The van der Waals surface area contributed by atoms with E-state index in [9.17, 15) is 0 Å². The van der Waals surface area contributed by atoms with E-state index in [1.165, 1.54) is 0 Å². The van der Waals surface area contributed by atoms with Crippen molar-refractivity contribution in [3.63, 3.8) is 0 Å². The molecule has 1 heterocycles. The SMILES string of the molecule is Cc1ccc(OCC2=NCCS2)c(Cl)c1. The lowest BCUT2D eigenvalue weighted by Crippen LogP contribution is -2.06. The number of ether oxygens (including phenoxy) is 1. The fourth-order valence-electron chi connectivity index (χ4n) is 1.33. The molecular weight excluding hydrogens is 230 g/mol. The Kier molecular flexibility index (Phi) is 3.54. The van der Waals surface area contributed by atoms with Crippen LogP contribution in [0, 0.1) is 6.92 Å². The van der Waals surface area contributed by atoms with Crippen molar-refractivity contribution in [2.24, 2.45) is 4.99 Å². The third-order valence-electron chi connectivity index (χ3n) is 2.09. The molecule has 0 bridgehead atoms. The molecule has 0 atom stereocenters. The smallest absolute Gasteiger partial charge is 0.138 e. The number of thioether (sulfide) groups is 1. The second-order valence-corrected chi connectivity index (χ2v) is 4.92. The fraction of sp³-hybridized carbons (Fsp3) is 0.364. The summed E-state index contributed by atoms with van der Waals surface area (Å²) in [6.07, 6.45) is 0. The van der Waals surface area contributed by atoms with Crippen LogP contribution in [0.3, 0.4) is 0 Å². The molecule has 2 rings (SSSR count). The number of hydrogen-bond donors (Lipinski definition) is 0. The number of benzene rings is 1. The predicted molar refractivity (Wildman–Crippen MR) is 66.4 cm³/mol. The first-order chi connectivity index (χ1) is 7.25. The highest BCUT2D eigenvalue weighted by atomic mass is 35.5. The van der Waals surface area contributed by atoms with Crippen molar-refractivity contribution in [1.82, 2.24) is 0 Å². The van der Waals surface area contributed by atoms with Crippen LogP contribution in [0.4, 0.5) is 0 Å². The van der Waals surface area contributed by atoms with Crippen LogP contribution in [-0.4, -0.2) is 23.9 Å². The van der Waals surface area contributed by atoms with Crippen LogP contribution in [-0.2, 0) is 0 Å². The van der Waals surface area contributed by atoms with Gasteiger partial charge in [-0.2, -0.15) is 0 Å². The summed E-state index contributed by atoms with van der Waals surface area (Å²) in [5.74, 6) is 1.80. The van der Waals surface area contributed by atoms with E-state index in [0.29, 0.717) is 11.6 Å². The standard InChI is InChI=1S/C11H12ClNOS/c1-8-2-3-10(9(12)6-8)14-7-11-13-4-5-15-11/h2-3,6H,4-5,7H2,1H3. The van der Waals surface area contributed by atoms with Gasteiger partial charge in [0.15, 0.2) is 0 Å². The van der Waals surface area contributed by atoms with Gasteiger partial charge in [0, 0.05) is 12.3 Å². The lowest BCUT2D eigenvalue weighted by atomic mass is 10.2. The number of hydrogen-bond acceptors (Lipinski definition) is 3. The van der Waals surface area contributed by atoms with Crippen LogP contribution >= 0.6 is 23.4 Å². The van der Waals surface area contributed by atoms with Crippen molar-refractivity contribution < 1.29 is 4.74 Å². The molecule has 0 aliphatic carbocycles. The third kappa shape index (κ3) is 2.89. The number of halogens is 1. The number of aliphatic imine (C=N–C) groups is 1. The predicted octanol–water partition coefficient (Wildman–Crippen LogP) is 3.17. The fourth-order valence-corrected chi connectivity index (χ4v) is 2.36. The van der Waals surface area contributed by atoms with E-state index in [1.54, 1.807) is 11.8 Å². The molecule has 0 N–H and O–H groups in total. The van der Waals surface area contributed by atoms with Gasteiger partial charge < -0.3 is 4.74 Å².